The molecule has 3 aromatic rings. The molecule has 0 N–H and O–H groups in total. The Kier molecular flexibility index (Phi) is 3.45. The maximum atomic E-state index is 13.1. The van der Waals surface area contributed by atoms with Gasteiger partial charge in [0.05, 0.1) is 22.8 Å². The molecule has 101 valence electrons. The van der Waals surface area contributed by atoms with Gasteiger partial charge in [-0.05, 0) is 30.2 Å². The minimum Gasteiger partial charge on any atom is -0.256 e. The third-order valence-corrected chi connectivity index (χ3v) is 3.70. The number of aromatic nitrogens is 2. The second kappa shape index (κ2) is 5.25. The summed E-state index contributed by atoms with van der Waals surface area (Å²) in [4.78, 5) is 0. The zero-order chi connectivity index (χ0) is 14.1. The fourth-order valence-electron chi connectivity index (χ4n) is 2.41. The molecular weight excluding hydrogens is 275 g/mol. The van der Waals surface area contributed by atoms with E-state index in [2.05, 4.69) is 12.0 Å². The molecule has 1 heterocycles. The second-order valence-electron chi connectivity index (χ2n) is 4.62. The standard InChI is InChI=1S/C16H13ClFN2/c1-2-15(11-6-8-13(18)9-7-11)20-16-12(10-19-20)4-3-5-14(16)17/h3-10,15H,1-2H2. The highest BCUT2D eigenvalue weighted by molar-refractivity contribution is 6.35. The van der Waals surface area contributed by atoms with Crippen LogP contribution in [0.1, 0.15) is 18.0 Å². The Hall–Kier alpha value is -1.87. The summed E-state index contributed by atoms with van der Waals surface area (Å²) in [6, 6.07) is 12.1. The van der Waals surface area contributed by atoms with E-state index in [1.165, 1.54) is 12.1 Å². The topological polar surface area (TPSA) is 17.8 Å². The van der Waals surface area contributed by atoms with Crippen LogP contribution in [-0.2, 0) is 0 Å². The van der Waals surface area contributed by atoms with E-state index >= 15 is 0 Å². The smallest absolute Gasteiger partial charge is 0.123 e. The van der Waals surface area contributed by atoms with Crippen LogP contribution in [-0.4, -0.2) is 9.78 Å². The zero-order valence-electron chi connectivity index (χ0n) is 10.8. The Bertz CT molecular complexity index is 734. The summed E-state index contributed by atoms with van der Waals surface area (Å²) in [6.45, 7) is 3.98. The highest BCUT2D eigenvalue weighted by Gasteiger charge is 2.16. The van der Waals surface area contributed by atoms with Gasteiger partial charge in [-0.25, -0.2) is 4.39 Å². The maximum absolute atomic E-state index is 13.1. The number of hydrogen-bond acceptors (Lipinski definition) is 1. The van der Waals surface area contributed by atoms with Crippen LogP contribution in [0.15, 0.2) is 48.7 Å². The first-order chi connectivity index (χ1) is 9.70. The molecule has 1 radical (unpaired) electrons. The molecule has 0 aliphatic rings. The van der Waals surface area contributed by atoms with Crippen molar-refractivity contribution in [2.24, 2.45) is 0 Å². The summed E-state index contributed by atoms with van der Waals surface area (Å²) in [5, 5.41) is 6.06. The van der Waals surface area contributed by atoms with E-state index in [1.54, 1.807) is 18.3 Å². The number of para-hydroxylation sites is 1. The summed E-state index contributed by atoms with van der Waals surface area (Å²) < 4.78 is 14.9. The van der Waals surface area contributed by atoms with E-state index in [4.69, 9.17) is 11.6 Å². The molecule has 3 rings (SSSR count). The molecule has 20 heavy (non-hydrogen) atoms. The van der Waals surface area contributed by atoms with Crippen molar-refractivity contribution in [1.29, 1.82) is 0 Å². The molecule has 0 fully saturated rings. The lowest BCUT2D eigenvalue weighted by molar-refractivity contribution is 0.542. The molecule has 0 spiro atoms. The van der Waals surface area contributed by atoms with Gasteiger partial charge in [-0.3, -0.25) is 4.68 Å². The number of hydrogen-bond donors (Lipinski definition) is 0. The van der Waals surface area contributed by atoms with Crippen molar-refractivity contribution >= 4 is 22.5 Å². The zero-order valence-corrected chi connectivity index (χ0v) is 11.5. The van der Waals surface area contributed by atoms with Crippen molar-refractivity contribution in [3.8, 4) is 0 Å². The Balaban J connectivity index is 2.14. The van der Waals surface area contributed by atoms with Gasteiger partial charge < -0.3 is 0 Å². The minimum absolute atomic E-state index is 0.0620. The van der Waals surface area contributed by atoms with Crippen molar-refractivity contribution < 1.29 is 4.39 Å². The normalized spacial score (nSPS) is 12.8. The quantitative estimate of drug-likeness (QED) is 0.686. The van der Waals surface area contributed by atoms with E-state index in [9.17, 15) is 4.39 Å². The third-order valence-electron chi connectivity index (χ3n) is 3.39. The summed E-state index contributed by atoms with van der Waals surface area (Å²) in [7, 11) is 0. The third kappa shape index (κ3) is 2.18. The number of halogens is 2. The maximum Gasteiger partial charge on any atom is 0.123 e. The minimum atomic E-state index is -0.250. The van der Waals surface area contributed by atoms with E-state index in [-0.39, 0.29) is 11.9 Å². The molecule has 0 aliphatic heterocycles. The molecule has 0 aliphatic carbocycles. The number of benzene rings is 2. The van der Waals surface area contributed by atoms with Crippen molar-refractivity contribution in [2.75, 3.05) is 0 Å². The van der Waals surface area contributed by atoms with Crippen molar-refractivity contribution in [2.45, 2.75) is 12.5 Å². The predicted molar refractivity (Wildman–Crippen MR) is 79.3 cm³/mol. The molecule has 1 aromatic heterocycles. The first kappa shape index (κ1) is 13.1. The van der Waals surface area contributed by atoms with Crippen LogP contribution in [0.5, 0.6) is 0 Å². The summed E-state index contributed by atoms with van der Waals surface area (Å²) in [6.07, 6.45) is 2.39. The van der Waals surface area contributed by atoms with Gasteiger partial charge in [0.1, 0.15) is 5.82 Å². The van der Waals surface area contributed by atoms with Crippen LogP contribution in [0.2, 0.25) is 5.02 Å². The molecule has 2 nitrogen and oxygen atoms in total. The van der Waals surface area contributed by atoms with Crippen LogP contribution in [0.25, 0.3) is 10.9 Å². The van der Waals surface area contributed by atoms with Gasteiger partial charge in [0.25, 0.3) is 0 Å². The molecule has 4 heteroatoms. The van der Waals surface area contributed by atoms with Crippen molar-refractivity contribution in [3.63, 3.8) is 0 Å². The van der Waals surface area contributed by atoms with Crippen LogP contribution in [0, 0.1) is 12.7 Å². The first-order valence-corrected chi connectivity index (χ1v) is 6.75. The van der Waals surface area contributed by atoms with Crippen LogP contribution < -0.4 is 0 Å². The molecule has 0 saturated carbocycles. The molecule has 0 saturated heterocycles. The van der Waals surface area contributed by atoms with E-state index in [0.29, 0.717) is 11.4 Å². The average molecular weight is 288 g/mol. The molecule has 0 bridgehead atoms. The SMILES string of the molecule is [CH2]CC(c1ccc(F)cc1)n1ncc2cccc(Cl)c21. The Morgan fingerprint density at radius 1 is 1.20 bits per heavy atom. The van der Waals surface area contributed by atoms with Gasteiger partial charge in [-0.2, -0.15) is 5.10 Å². The lowest BCUT2D eigenvalue weighted by Crippen LogP contribution is -2.11. The van der Waals surface area contributed by atoms with Crippen LogP contribution >= 0.6 is 11.6 Å². The highest BCUT2D eigenvalue weighted by Crippen LogP contribution is 2.30. The number of nitrogens with zero attached hydrogens (tertiary/aromatic N) is 2. The second-order valence-corrected chi connectivity index (χ2v) is 5.03. The number of rotatable bonds is 3. The van der Waals surface area contributed by atoms with Gasteiger partial charge in [0.2, 0.25) is 0 Å². The monoisotopic (exact) mass is 287 g/mol. The van der Waals surface area contributed by atoms with Gasteiger partial charge in [-0.1, -0.05) is 42.8 Å². The first-order valence-electron chi connectivity index (χ1n) is 6.37. The van der Waals surface area contributed by atoms with Gasteiger partial charge in [-0.15, -0.1) is 0 Å². The van der Waals surface area contributed by atoms with E-state index in [1.807, 2.05) is 22.9 Å². The molecule has 0 amide bonds. The predicted octanol–water partition coefficient (Wildman–Crippen LogP) is 4.64. The summed E-state index contributed by atoms with van der Waals surface area (Å²) >= 11 is 6.28. The fourth-order valence-corrected chi connectivity index (χ4v) is 2.68. The summed E-state index contributed by atoms with van der Waals surface area (Å²) in [5.41, 5.74) is 1.85. The van der Waals surface area contributed by atoms with Gasteiger partial charge in [0.15, 0.2) is 0 Å². The van der Waals surface area contributed by atoms with Crippen molar-refractivity contribution in [1.82, 2.24) is 9.78 Å². The highest BCUT2D eigenvalue weighted by atomic mass is 35.5. The lowest BCUT2D eigenvalue weighted by Gasteiger charge is -2.17. The Morgan fingerprint density at radius 3 is 2.65 bits per heavy atom. The van der Waals surface area contributed by atoms with Crippen molar-refractivity contribution in [3.05, 3.63) is 72.0 Å². The van der Waals surface area contributed by atoms with E-state index in [0.717, 1.165) is 16.5 Å². The molecule has 1 atom stereocenters. The molecule has 1 unspecified atom stereocenters. The number of fused-ring (bicyclic) bond motifs is 1. The van der Waals surface area contributed by atoms with Gasteiger partial charge >= 0.3 is 0 Å². The summed E-state index contributed by atoms with van der Waals surface area (Å²) in [5.74, 6) is -0.250. The Labute approximate surface area is 121 Å². The fraction of sp³-hybridized carbons (Fsp3) is 0.125. The van der Waals surface area contributed by atoms with Crippen LogP contribution in [0.4, 0.5) is 4.39 Å². The lowest BCUT2D eigenvalue weighted by atomic mass is 10.0. The molecular formula is C16H13ClFN2. The van der Waals surface area contributed by atoms with Gasteiger partial charge in [0, 0.05) is 5.39 Å². The molecule has 2 aromatic carbocycles. The van der Waals surface area contributed by atoms with Crippen LogP contribution in [0.3, 0.4) is 0 Å². The average Bonchev–Trinajstić information content (AvgIpc) is 2.87. The largest absolute Gasteiger partial charge is 0.256 e. The van der Waals surface area contributed by atoms with E-state index < -0.39 is 0 Å². The Morgan fingerprint density at radius 2 is 1.95 bits per heavy atom.